The van der Waals surface area contributed by atoms with E-state index >= 15 is 0 Å². The minimum Gasteiger partial charge on any atom is -0.355 e. The van der Waals surface area contributed by atoms with Crippen molar-refractivity contribution in [1.82, 2.24) is 15.5 Å². The summed E-state index contributed by atoms with van der Waals surface area (Å²) in [4.78, 5) is 23.9. The Morgan fingerprint density at radius 2 is 2.05 bits per heavy atom. The summed E-state index contributed by atoms with van der Waals surface area (Å²) in [5.41, 5.74) is 3.08. The van der Waals surface area contributed by atoms with Gasteiger partial charge in [0.05, 0.1) is 0 Å². The van der Waals surface area contributed by atoms with Crippen LogP contribution >= 0.6 is 0 Å². The van der Waals surface area contributed by atoms with Gasteiger partial charge in [-0.2, -0.15) is 5.10 Å². The number of carbonyl (C=O) groups excluding carboxylic acids is 2. The quantitative estimate of drug-likeness (QED) is 0.802. The van der Waals surface area contributed by atoms with Crippen LogP contribution in [-0.2, 0) is 6.42 Å². The summed E-state index contributed by atoms with van der Waals surface area (Å²) in [6.45, 7) is 3.77. The maximum absolute atomic E-state index is 12.2. The molecule has 1 heterocycles. The summed E-state index contributed by atoms with van der Waals surface area (Å²) in [5, 5.41) is 12.1. The van der Waals surface area contributed by atoms with E-state index in [4.69, 9.17) is 0 Å². The van der Waals surface area contributed by atoms with E-state index in [2.05, 4.69) is 20.8 Å². The highest BCUT2D eigenvalue weighted by Crippen LogP contribution is 2.19. The maximum atomic E-state index is 12.2. The van der Waals surface area contributed by atoms with Gasteiger partial charge in [0.2, 0.25) is 0 Å². The molecule has 0 fully saturated rings. The fourth-order valence-electron chi connectivity index (χ4n) is 2.00. The van der Waals surface area contributed by atoms with Gasteiger partial charge in [0.1, 0.15) is 0 Å². The molecule has 2 aromatic rings. The molecule has 6 heteroatoms. The number of anilines is 1. The van der Waals surface area contributed by atoms with Gasteiger partial charge < -0.3 is 10.6 Å². The number of hydrogen-bond donors (Lipinski definition) is 3. The molecule has 6 nitrogen and oxygen atoms in total. The third-order valence-corrected chi connectivity index (χ3v) is 3.30. The van der Waals surface area contributed by atoms with Crippen molar-refractivity contribution in [2.45, 2.75) is 20.3 Å². The summed E-state index contributed by atoms with van der Waals surface area (Å²) in [6.07, 6.45) is 0.783. The first-order chi connectivity index (χ1) is 10.1. The second kappa shape index (κ2) is 6.21. The number of amides is 2. The van der Waals surface area contributed by atoms with E-state index in [1.807, 2.05) is 6.92 Å². The highest BCUT2D eigenvalue weighted by molar-refractivity contribution is 6.05. The lowest BCUT2D eigenvalue weighted by Crippen LogP contribution is -2.20. The standard InChI is InChI=1S/C15H18N4O2/c1-4-10-8-13(19-18-10)15(21)17-12-7-5-6-11(9(12)2)14(20)16-3/h5-8H,4H2,1-3H3,(H,16,20)(H,17,21)(H,18,19). The normalized spacial score (nSPS) is 10.2. The predicted octanol–water partition coefficient (Wildman–Crippen LogP) is 1.89. The van der Waals surface area contributed by atoms with Crippen molar-refractivity contribution >= 4 is 17.5 Å². The van der Waals surface area contributed by atoms with Crippen LogP contribution in [0.4, 0.5) is 5.69 Å². The summed E-state index contributed by atoms with van der Waals surface area (Å²) in [6, 6.07) is 6.92. The molecule has 0 atom stereocenters. The summed E-state index contributed by atoms with van der Waals surface area (Å²) >= 11 is 0. The van der Waals surface area contributed by atoms with Crippen molar-refractivity contribution in [1.29, 1.82) is 0 Å². The molecule has 0 saturated heterocycles. The number of nitrogens with zero attached hydrogens (tertiary/aromatic N) is 1. The second-order valence-electron chi connectivity index (χ2n) is 4.64. The smallest absolute Gasteiger partial charge is 0.276 e. The van der Waals surface area contributed by atoms with E-state index in [9.17, 15) is 9.59 Å². The van der Waals surface area contributed by atoms with Gasteiger partial charge in [-0.3, -0.25) is 14.7 Å². The molecule has 0 spiro atoms. The Labute approximate surface area is 122 Å². The van der Waals surface area contributed by atoms with Crippen LogP contribution < -0.4 is 10.6 Å². The van der Waals surface area contributed by atoms with Crippen molar-refractivity contribution in [3.05, 3.63) is 46.8 Å². The van der Waals surface area contributed by atoms with Gasteiger partial charge in [0.25, 0.3) is 11.8 Å². The van der Waals surface area contributed by atoms with E-state index in [1.165, 1.54) is 0 Å². The van der Waals surface area contributed by atoms with Gasteiger partial charge in [-0.15, -0.1) is 0 Å². The van der Waals surface area contributed by atoms with E-state index in [1.54, 1.807) is 38.2 Å². The molecule has 2 amide bonds. The van der Waals surface area contributed by atoms with E-state index < -0.39 is 0 Å². The van der Waals surface area contributed by atoms with Gasteiger partial charge in [-0.05, 0) is 37.1 Å². The number of benzene rings is 1. The fraction of sp³-hybridized carbons (Fsp3) is 0.267. The largest absolute Gasteiger partial charge is 0.355 e. The number of hydrogen-bond acceptors (Lipinski definition) is 3. The van der Waals surface area contributed by atoms with Gasteiger partial charge >= 0.3 is 0 Å². The van der Waals surface area contributed by atoms with E-state index in [-0.39, 0.29) is 11.8 Å². The van der Waals surface area contributed by atoms with E-state index in [0.29, 0.717) is 16.9 Å². The molecule has 110 valence electrons. The van der Waals surface area contributed by atoms with Crippen LogP contribution in [0, 0.1) is 6.92 Å². The molecule has 3 N–H and O–H groups in total. The average Bonchev–Trinajstić information content (AvgIpc) is 2.97. The number of aromatic nitrogens is 2. The summed E-state index contributed by atoms with van der Waals surface area (Å²) in [7, 11) is 1.57. The van der Waals surface area contributed by atoms with Gasteiger partial charge in [-0.1, -0.05) is 13.0 Å². The van der Waals surface area contributed by atoms with Crippen LogP contribution in [0.2, 0.25) is 0 Å². The molecule has 0 saturated carbocycles. The van der Waals surface area contributed by atoms with Crippen molar-refractivity contribution in [3.63, 3.8) is 0 Å². The lowest BCUT2D eigenvalue weighted by atomic mass is 10.1. The fourth-order valence-corrected chi connectivity index (χ4v) is 2.00. The average molecular weight is 286 g/mol. The number of aryl methyl sites for hydroxylation is 1. The highest BCUT2D eigenvalue weighted by Gasteiger charge is 2.14. The Bertz CT molecular complexity index is 676. The molecule has 1 aromatic carbocycles. The topological polar surface area (TPSA) is 86.9 Å². The zero-order chi connectivity index (χ0) is 15.4. The van der Waals surface area contributed by atoms with Crippen molar-refractivity contribution in [3.8, 4) is 0 Å². The third-order valence-electron chi connectivity index (χ3n) is 3.30. The zero-order valence-electron chi connectivity index (χ0n) is 12.3. The first-order valence-electron chi connectivity index (χ1n) is 6.74. The van der Waals surface area contributed by atoms with Crippen LogP contribution in [-0.4, -0.2) is 29.1 Å². The Kier molecular flexibility index (Phi) is 4.37. The molecule has 0 unspecified atom stereocenters. The summed E-state index contributed by atoms with van der Waals surface area (Å²) in [5.74, 6) is -0.486. The molecule has 0 bridgehead atoms. The molecular weight excluding hydrogens is 268 g/mol. The second-order valence-corrected chi connectivity index (χ2v) is 4.64. The van der Waals surface area contributed by atoms with Crippen LogP contribution in [0.25, 0.3) is 0 Å². The van der Waals surface area contributed by atoms with Crippen LogP contribution in [0.5, 0.6) is 0 Å². The Morgan fingerprint density at radius 3 is 2.67 bits per heavy atom. The highest BCUT2D eigenvalue weighted by atomic mass is 16.2. The van der Waals surface area contributed by atoms with Crippen LogP contribution in [0.3, 0.4) is 0 Å². The van der Waals surface area contributed by atoms with Crippen LogP contribution in [0.1, 0.15) is 39.0 Å². The molecule has 0 aliphatic rings. The third kappa shape index (κ3) is 3.10. The Morgan fingerprint density at radius 1 is 1.29 bits per heavy atom. The molecule has 0 aliphatic carbocycles. The van der Waals surface area contributed by atoms with Crippen molar-refractivity contribution < 1.29 is 9.59 Å². The van der Waals surface area contributed by atoms with Crippen LogP contribution in [0.15, 0.2) is 24.3 Å². The molecule has 21 heavy (non-hydrogen) atoms. The molecule has 0 aliphatic heterocycles. The predicted molar refractivity (Wildman–Crippen MR) is 80.5 cm³/mol. The summed E-state index contributed by atoms with van der Waals surface area (Å²) < 4.78 is 0. The Balaban J connectivity index is 2.23. The maximum Gasteiger partial charge on any atom is 0.276 e. The number of H-pyrrole nitrogens is 1. The van der Waals surface area contributed by atoms with Gasteiger partial charge in [-0.25, -0.2) is 0 Å². The van der Waals surface area contributed by atoms with Crippen molar-refractivity contribution in [2.24, 2.45) is 0 Å². The number of nitrogens with one attached hydrogen (secondary N) is 3. The van der Waals surface area contributed by atoms with Crippen molar-refractivity contribution in [2.75, 3.05) is 12.4 Å². The number of rotatable bonds is 4. The lowest BCUT2D eigenvalue weighted by Gasteiger charge is -2.10. The molecular formula is C15H18N4O2. The number of carbonyl (C=O) groups is 2. The molecule has 1 aromatic heterocycles. The SMILES string of the molecule is CCc1cc(C(=O)Nc2cccc(C(=O)NC)c2C)n[nH]1. The lowest BCUT2D eigenvalue weighted by molar-refractivity contribution is 0.0960. The van der Waals surface area contributed by atoms with Gasteiger partial charge in [0.15, 0.2) is 5.69 Å². The minimum atomic E-state index is -0.303. The van der Waals surface area contributed by atoms with E-state index in [0.717, 1.165) is 17.7 Å². The molecule has 2 rings (SSSR count). The van der Waals surface area contributed by atoms with Gasteiger partial charge in [0, 0.05) is 24.0 Å². The first kappa shape index (κ1) is 14.8. The monoisotopic (exact) mass is 286 g/mol. The Hall–Kier alpha value is -2.63. The number of aromatic amines is 1. The minimum absolute atomic E-state index is 0.184. The zero-order valence-corrected chi connectivity index (χ0v) is 12.3. The first-order valence-corrected chi connectivity index (χ1v) is 6.74. The molecule has 0 radical (unpaired) electrons.